The zero-order chi connectivity index (χ0) is 25.6. The van der Waals surface area contributed by atoms with Gasteiger partial charge in [0.15, 0.2) is 0 Å². The molecule has 5 rings (SSSR count). The van der Waals surface area contributed by atoms with Crippen LogP contribution in [0.15, 0.2) is 85.1 Å². The number of para-hydroxylation sites is 1. The number of fused-ring (bicyclic) bond motifs is 1. The summed E-state index contributed by atoms with van der Waals surface area (Å²) in [6, 6.07) is 21.8. The Labute approximate surface area is 215 Å². The minimum atomic E-state index is -0.167. The molecule has 3 aromatic carbocycles. The number of nitrogens with zero attached hydrogens (tertiary/aromatic N) is 3. The number of carbonyl (C=O) groups is 1. The molecule has 1 fully saturated rings. The third-order valence-electron chi connectivity index (χ3n) is 6.20. The quantitative estimate of drug-likeness (QED) is 0.318. The fourth-order valence-electron chi connectivity index (χ4n) is 4.40. The molecule has 1 aliphatic heterocycles. The van der Waals surface area contributed by atoms with E-state index in [-0.39, 0.29) is 18.6 Å². The molecule has 1 aromatic heterocycles. The number of benzene rings is 3. The number of hydrogen-bond acceptors (Lipinski definition) is 7. The van der Waals surface area contributed by atoms with Crippen LogP contribution in [0.2, 0.25) is 0 Å². The van der Waals surface area contributed by atoms with Gasteiger partial charge in [0, 0.05) is 47.3 Å². The van der Waals surface area contributed by atoms with Crippen molar-refractivity contribution in [2.75, 3.05) is 41.8 Å². The van der Waals surface area contributed by atoms with Gasteiger partial charge in [0.1, 0.15) is 0 Å². The molecule has 0 radical (unpaired) electrons. The average Bonchev–Trinajstić information content (AvgIpc) is 2.93. The fraction of sp³-hybridized carbons (Fsp3) is 0.207. The molecule has 3 N–H and O–H groups in total. The Hall–Kier alpha value is -4.27. The van der Waals surface area contributed by atoms with E-state index in [4.69, 9.17) is 9.72 Å². The van der Waals surface area contributed by atoms with E-state index in [1.807, 2.05) is 79.9 Å². The van der Waals surface area contributed by atoms with Crippen LogP contribution in [0, 0.1) is 0 Å². The van der Waals surface area contributed by atoms with Crippen molar-refractivity contribution in [3.8, 4) is 11.1 Å². The largest absolute Gasteiger partial charge is 0.394 e. The van der Waals surface area contributed by atoms with Crippen LogP contribution in [0.3, 0.4) is 0 Å². The minimum absolute atomic E-state index is 0.0204. The second-order valence-electron chi connectivity index (χ2n) is 8.80. The van der Waals surface area contributed by atoms with Gasteiger partial charge in [-0.1, -0.05) is 36.4 Å². The van der Waals surface area contributed by atoms with Crippen molar-refractivity contribution in [1.29, 1.82) is 0 Å². The summed E-state index contributed by atoms with van der Waals surface area (Å²) in [6.07, 6.45) is 4.85. The number of aliphatic hydroxyl groups is 1. The SMILES string of the molecule is CC=CC(=O)Nc1cccc(-c2cccc3cnc(Nc4ccc(N5CCOC(CO)C5)cc4)nc23)c1. The Morgan fingerprint density at radius 1 is 1.14 bits per heavy atom. The van der Waals surface area contributed by atoms with Gasteiger partial charge in [-0.05, 0) is 55.0 Å². The molecule has 8 nitrogen and oxygen atoms in total. The van der Waals surface area contributed by atoms with Crippen LogP contribution in [0.25, 0.3) is 22.0 Å². The van der Waals surface area contributed by atoms with Gasteiger partial charge in [-0.2, -0.15) is 0 Å². The zero-order valence-electron chi connectivity index (χ0n) is 20.6. The van der Waals surface area contributed by atoms with Crippen LogP contribution in [0.5, 0.6) is 0 Å². The lowest BCUT2D eigenvalue weighted by Gasteiger charge is -2.33. The first kappa shape index (κ1) is 24.4. The molecule has 0 aliphatic carbocycles. The number of carbonyl (C=O) groups excluding carboxylic acids is 1. The number of ether oxygens (including phenoxy) is 1. The van der Waals surface area contributed by atoms with E-state index in [1.165, 1.54) is 6.08 Å². The van der Waals surface area contributed by atoms with E-state index in [1.54, 1.807) is 6.08 Å². The second-order valence-corrected chi connectivity index (χ2v) is 8.80. The number of aliphatic hydroxyl groups excluding tert-OH is 1. The minimum Gasteiger partial charge on any atom is -0.394 e. The van der Waals surface area contributed by atoms with Crippen LogP contribution >= 0.6 is 0 Å². The topological polar surface area (TPSA) is 99.6 Å². The third kappa shape index (κ3) is 5.77. The fourth-order valence-corrected chi connectivity index (χ4v) is 4.40. The molecular formula is C29H29N5O3. The number of amides is 1. The molecule has 1 saturated heterocycles. The van der Waals surface area contributed by atoms with Gasteiger partial charge in [-0.15, -0.1) is 0 Å². The molecule has 0 bridgehead atoms. The number of morpholine rings is 1. The number of anilines is 4. The summed E-state index contributed by atoms with van der Waals surface area (Å²) in [5.74, 6) is 0.330. The average molecular weight is 496 g/mol. The lowest BCUT2D eigenvalue weighted by atomic mass is 10.0. The van der Waals surface area contributed by atoms with Gasteiger partial charge >= 0.3 is 0 Å². The first-order chi connectivity index (χ1) is 18.1. The van der Waals surface area contributed by atoms with Crippen molar-refractivity contribution in [2.24, 2.45) is 0 Å². The molecule has 1 unspecified atom stereocenters. The highest BCUT2D eigenvalue weighted by Crippen LogP contribution is 2.30. The summed E-state index contributed by atoms with van der Waals surface area (Å²) in [5, 5.41) is 16.5. The Kier molecular flexibility index (Phi) is 7.39. The predicted octanol–water partition coefficient (Wildman–Crippen LogP) is 4.75. The molecule has 37 heavy (non-hydrogen) atoms. The van der Waals surface area contributed by atoms with E-state index in [2.05, 4.69) is 20.5 Å². The van der Waals surface area contributed by atoms with E-state index in [9.17, 15) is 9.90 Å². The highest BCUT2D eigenvalue weighted by Gasteiger charge is 2.20. The first-order valence-electron chi connectivity index (χ1n) is 12.3. The molecule has 0 spiro atoms. The number of allylic oxidation sites excluding steroid dienone is 1. The maximum atomic E-state index is 12.0. The molecule has 8 heteroatoms. The van der Waals surface area contributed by atoms with Crippen LogP contribution in [-0.4, -0.2) is 53.4 Å². The molecule has 2 heterocycles. The van der Waals surface area contributed by atoms with Crippen molar-refractivity contribution < 1.29 is 14.6 Å². The van der Waals surface area contributed by atoms with Gasteiger partial charge in [0.25, 0.3) is 0 Å². The standard InChI is InChI=1S/C29H29N5O3/c1-2-5-27(36)31-23-8-3-6-20(16-23)26-9-4-7-21-17-30-29(33-28(21)26)32-22-10-12-24(13-11-22)34-14-15-37-25(18-34)19-35/h2-13,16-17,25,35H,14-15,18-19H2,1H3,(H,31,36)(H,30,32,33). The van der Waals surface area contributed by atoms with Crippen LogP contribution in [0.1, 0.15) is 6.92 Å². The molecule has 1 amide bonds. The lowest BCUT2D eigenvalue weighted by molar-refractivity contribution is -0.111. The zero-order valence-corrected chi connectivity index (χ0v) is 20.6. The molecule has 1 atom stereocenters. The van der Waals surface area contributed by atoms with Crippen molar-refractivity contribution in [3.05, 3.63) is 85.1 Å². The Morgan fingerprint density at radius 2 is 1.97 bits per heavy atom. The number of aromatic nitrogens is 2. The lowest BCUT2D eigenvalue weighted by Crippen LogP contribution is -2.44. The second kappa shape index (κ2) is 11.2. The summed E-state index contributed by atoms with van der Waals surface area (Å²) >= 11 is 0. The Morgan fingerprint density at radius 3 is 2.78 bits per heavy atom. The molecule has 188 valence electrons. The summed E-state index contributed by atoms with van der Waals surface area (Å²) in [7, 11) is 0. The smallest absolute Gasteiger partial charge is 0.248 e. The predicted molar refractivity (Wildman–Crippen MR) is 147 cm³/mol. The number of hydrogen-bond donors (Lipinski definition) is 3. The van der Waals surface area contributed by atoms with E-state index < -0.39 is 0 Å². The highest BCUT2D eigenvalue weighted by molar-refractivity contribution is 6.00. The van der Waals surface area contributed by atoms with E-state index in [0.717, 1.165) is 45.6 Å². The summed E-state index contributed by atoms with van der Waals surface area (Å²) in [4.78, 5) is 23.5. The Balaban J connectivity index is 1.37. The van der Waals surface area contributed by atoms with Crippen molar-refractivity contribution >= 4 is 39.8 Å². The highest BCUT2D eigenvalue weighted by atomic mass is 16.5. The van der Waals surface area contributed by atoms with Crippen molar-refractivity contribution in [3.63, 3.8) is 0 Å². The van der Waals surface area contributed by atoms with Crippen LogP contribution in [-0.2, 0) is 9.53 Å². The Bertz CT molecular complexity index is 1420. The molecule has 4 aromatic rings. The summed E-state index contributed by atoms with van der Waals surface area (Å²) in [6.45, 7) is 3.89. The maximum absolute atomic E-state index is 12.0. The van der Waals surface area contributed by atoms with Crippen molar-refractivity contribution in [1.82, 2.24) is 9.97 Å². The first-order valence-corrected chi connectivity index (χ1v) is 12.3. The van der Waals surface area contributed by atoms with Gasteiger partial charge in [0.05, 0.1) is 24.8 Å². The van der Waals surface area contributed by atoms with E-state index in [0.29, 0.717) is 19.1 Å². The normalized spacial score (nSPS) is 15.7. The monoisotopic (exact) mass is 495 g/mol. The van der Waals surface area contributed by atoms with Crippen LogP contribution < -0.4 is 15.5 Å². The van der Waals surface area contributed by atoms with Gasteiger partial charge in [0.2, 0.25) is 11.9 Å². The summed E-state index contributed by atoms with van der Waals surface area (Å²) < 4.78 is 5.55. The van der Waals surface area contributed by atoms with Gasteiger partial charge < -0.3 is 25.4 Å². The number of rotatable bonds is 7. The van der Waals surface area contributed by atoms with Gasteiger partial charge in [-0.25, -0.2) is 9.97 Å². The van der Waals surface area contributed by atoms with Crippen LogP contribution in [0.4, 0.5) is 23.0 Å². The molecule has 1 aliphatic rings. The molecule has 0 saturated carbocycles. The van der Waals surface area contributed by atoms with E-state index >= 15 is 0 Å². The molecular weight excluding hydrogens is 466 g/mol. The van der Waals surface area contributed by atoms with Crippen molar-refractivity contribution in [2.45, 2.75) is 13.0 Å². The summed E-state index contributed by atoms with van der Waals surface area (Å²) in [5.41, 5.74) is 5.39. The number of nitrogens with one attached hydrogen (secondary N) is 2. The third-order valence-corrected chi connectivity index (χ3v) is 6.20. The maximum Gasteiger partial charge on any atom is 0.248 e. The van der Waals surface area contributed by atoms with Gasteiger partial charge in [-0.3, -0.25) is 4.79 Å².